The number of nitrogens with zero attached hydrogens (tertiary/aromatic N) is 3. The van der Waals surface area contributed by atoms with Crippen molar-refractivity contribution in [3.8, 4) is 5.75 Å². The third kappa shape index (κ3) is 4.96. The van der Waals surface area contributed by atoms with Gasteiger partial charge in [-0.15, -0.1) is 5.10 Å². The summed E-state index contributed by atoms with van der Waals surface area (Å²) >= 11 is 5.25. The molecule has 3 rings (SSSR count). The molecule has 0 N–H and O–H groups in total. The van der Waals surface area contributed by atoms with Crippen LogP contribution < -0.4 is 4.74 Å². The molecule has 1 fully saturated rings. The van der Waals surface area contributed by atoms with E-state index < -0.39 is 11.9 Å². The van der Waals surface area contributed by atoms with E-state index in [0.717, 1.165) is 25.9 Å². The first-order valence-corrected chi connectivity index (χ1v) is 9.76. The van der Waals surface area contributed by atoms with Gasteiger partial charge in [-0.3, -0.25) is 9.69 Å². The molecule has 0 radical (unpaired) electrons. The van der Waals surface area contributed by atoms with E-state index in [9.17, 15) is 9.18 Å². The normalized spacial score (nSPS) is 16.7. The number of halogens is 1. The molecule has 1 aromatic carbocycles. The SMILES string of the molecule is CCOC(=O)C1CCN(Cn2nc([C@@H](C)Oc3ccccc3F)oc2=S)CC1. The Labute approximate surface area is 168 Å². The highest BCUT2D eigenvalue weighted by molar-refractivity contribution is 7.71. The highest BCUT2D eigenvalue weighted by atomic mass is 32.1. The maximum atomic E-state index is 13.8. The Hall–Kier alpha value is -2.26. The molecule has 28 heavy (non-hydrogen) atoms. The average Bonchev–Trinajstić information content (AvgIpc) is 3.05. The maximum Gasteiger partial charge on any atom is 0.309 e. The van der Waals surface area contributed by atoms with E-state index in [-0.39, 0.29) is 28.4 Å². The number of hydrogen-bond acceptors (Lipinski definition) is 7. The number of ether oxygens (including phenoxy) is 2. The fourth-order valence-corrected chi connectivity index (χ4v) is 3.30. The van der Waals surface area contributed by atoms with E-state index in [1.165, 1.54) is 6.07 Å². The van der Waals surface area contributed by atoms with E-state index in [2.05, 4.69) is 10.00 Å². The summed E-state index contributed by atoms with van der Waals surface area (Å²) < 4.78 is 31.6. The zero-order valence-corrected chi connectivity index (χ0v) is 16.8. The number of benzene rings is 1. The van der Waals surface area contributed by atoms with Crippen LogP contribution in [0.25, 0.3) is 0 Å². The van der Waals surface area contributed by atoms with Crippen LogP contribution in [0.2, 0.25) is 0 Å². The first kappa shape index (κ1) is 20.5. The van der Waals surface area contributed by atoms with Crippen molar-refractivity contribution in [1.82, 2.24) is 14.7 Å². The van der Waals surface area contributed by atoms with E-state index in [1.54, 1.807) is 29.8 Å². The predicted molar refractivity (Wildman–Crippen MR) is 102 cm³/mol. The second-order valence-corrected chi connectivity index (χ2v) is 7.03. The standard InChI is InChI=1S/C19H24FN3O4S/c1-3-25-18(24)14-8-10-22(11-9-14)12-23-19(28)27-17(21-23)13(2)26-16-7-5-4-6-15(16)20/h4-7,13-14H,3,8-12H2,1-2H3/t13-/m1/s1. The summed E-state index contributed by atoms with van der Waals surface area (Å²) in [5.41, 5.74) is 0. The second-order valence-electron chi connectivity index (χ2n) is 6.68. The molecule has 0 amide bonds. The van der Waals surface area contributed by atoms with E-state index in [1.807, 2.05) is 6.92 Å². The lowest BCUT2D eigenvalue weighted by molar-refractivity contribution is -0.149. The molecule has 1 aliphatic rings. The summed E-state index contributed by atoms with van der Waals surface area (Å²) in [6.45, 7) is 5.90. The molecule has 0 bridgehead atoms. The van der Waals surface area contributed by atoms with Gasteiger partial charge in [-0.25, -0.2) is 9.07 Å². The van der Waals surface area contributed by atoms with Crippen LogP contribution in [0.3, 0.4) is 0 Å². The summed E-state index contributed by atoms with van der Waals surface area (Å²) in [5.74, 6) is -0.203. The fourth-order valence-electron chi connectivity index (χ4n) is 3.12. The highest BCUT2D eigenvalue weighted by Gasteiger charge is 2.26. The van der Waals surface area contributed by atoms with Gasteiger partial charge in [0.05, 0.1) is 19.2 Å². The Morgan fingerprint density at radius 1 is 1.39 bits per heavy atom. The third-order valence-electron chi connectivity index (χ3n) is 4.65. The predicted octanol–water partition coefficient (Wildman–Crippen LogP) is 3.72. The van der Waals surface area contributed by atoms with Crippen molar-refractivity contribution in [2.24, 2.45) is 5.92 Å². The lowest BCUT2D eigenvalue weighted by Crippen LogP contribution is -2.38. The first-order valence-electron chi connectivity index (χ1n) is 9.36. The largest absolute Gasteiger partial charge is 0.478 e. The monoisotopic (exact) mass is 409 g/mol. The molecule has 0 aliphatic carbocycles. The topological polar surface area (TPSA) is 69.7 Å². The minimum absolute atomic E-state index is 0.0498. The molecule has 0 unspecified atom stereocenters. The average molecular weight is 409 g/mol. The van der Waals surface area contributed by atoms with Gasteiger partial charge in [0.15, 0.2) is 17.7 Å². The number of esters is 1. The van der Waals surface area contributed by atoms with E-state index in [0.29, 0.717) is 13.3 Å². The molecule has 0 spiro atoms. The van der Waals surface area contributed by atoms with Crippen molar-refractivity contribution in [3.05, 3.63) is 40.8 Å². The van der Waals surface area contributed by atoms with Gasteiger partial charge < -0.3 is 13.9 Å². The van der Waals surface area contributed by atoms with Gasteiger partial charge >= 0.3 is 5.97 Å². The van der Waals surface area contributed by atoms with Crippen molar-refractivity contribution in [2.75, 3.05) is 19.7 Å². The van der Waals surface area contributed by atoms with Crippen molar-refractivity contribution in [2.45, 2.75) is 39.5 Å². The van der Waals surface area contributed by atoms with Gasteiger partial charge in [-0.2, -0.15) is 0 Å². The quantitative estimate of drug-likeness (QED) is 0.510. The summed E-state index contributed by atoms with van der Waals surface area (Å²) in [5, 5.41) is 4.38. The number of rotatable bonds is 7. The molecule has 1 saturated heterocycles. The summed E-state index contributed by atoms with van der Waals surface area (Å²) in [4.78, 5) is 14.2. The smallest absolute Gasteiger partial charge is 0.309 e. The van der Waals surface area contributed by atoms with Gasteiger partial charge in [0.1, 0.15) is 0 Å². The Morgan fingerprint density at radius 3 is 2.79 bits per heavy atom. The number of carbonyl (C=O) groups is 1. The van der Waals surface area contributed by atoms with Crippen LogP contribution in [-0.2, 0) is 16.2 Å². The number of carbonyl (C=O) groups excluding carboxylic acids is 1. The van der Waals surface area contributed by atoms with E-state index >= 15 is 0 Å². The lowest BCUT2D eigenvalue weighted by atomic mass is 9.97. The molecule has 7 nitrogen and oxygen atoms in total. The van der Waals surface area contributed by atoms with Gasteiger partial charge in [0, 0.05) is 13.1 Å². The minimum Gasteiger partial charge on any atom is -0.478 e. The van der Waals surface area contributed by atoms with Crippen LogP contribution in [0.5, 0.6) is 5.75 Å². The van der Waals surface area contributed by atoms with Crippen molar-refractivity contribution in [3.63, 3.8) is 0 Å². The number of piperidine rings is 1. The molecule has 2 aromatic rings. The zero-order chi connectivity index (χ0) is 20.1. The summed E-state index contributed by atoms with van der Waals surface area (Å²) in [6, 6.07) is 6.17. The maximum absolute atomic E-state index is 13.8. The molecule has 1 atom stereocenters. The molecule has 0 saturated carbocycles. The number of para-hydroxylation sites is 1. The van der Waals surface area contributed by atoms with Crippen molar-refractivity contribution < 1.29 is 23.1 Å². The molecule has 1 aliphatic heterocycles. The van der Waals surface area contributed by atoms with Crippen LogP contribution in [-0.4, -0.2) is 40.3 Å². The Kier molecular flexibility index (Phi) is 6.79. The number of aromatic nitrogens is 2. The van der Waals surface area contributed by atoms with Crippen molar-refractivity contribution >= 4 is 18.2 Å². The Bertz CT molecular complexity index is 861. The summed E-state index contributed by atoms with van der Waals surface area (Å²) in [6.07, 6.45) is 0.891. The van der Waals surface area contributed by atoms with Crippen molar-refractivity contribution in [1.29, 1.82) is 0 Å². The second kappa shape index (κ2) is 9.29. The van der Waals surface area contributed by atoms with Gasteiger partial charge in [0.25, 0.3) is 10.7 Å². The number of likely N-dealkylation sites (tertiary alicyclic amines) is 1. The molecule has 152 valence electrons. The zero-order valence-electron chi connectivity index (χ0n) is 16.0. The fraction of sp³-hybridized carbons (Fsp3) is 0.526. The van der Waals surface area contributed by atoms with Gasteiger partial charge in [0.2, 0.25) is 0 Å². The van der Waals surface area contributed by atoms with Gasteiger partial charge in [-0.05, 0) is 51.0 Å². The molecule has 9 heteroatoms. The Balaban J connectivity index is 1.58. The summed E-state index contributed by atoms with van der Waals surface area (Å²) in [7, 11) is 0. The van der Waals surface area contributed by atoms with Crippen LogP contribution in [0.4, 0.5) is 4.39 Å². The van der Waals surface area contributed by atoms with Crippen LogP contribution in [0, 0.1) is 16.6 Å². The number of hydrogen-bond donors (Lipinski definition) is 0. The highest BCUT2D eigenvalue weighted by Crippen LogP contribution is 2.24. The van der Waals surface area contributed by atoms with Crippen LogP contribution in [0.1, 0.15) is 38.7 Å². The van der Waals surface area contributed by atoms with E-state index in [4.69, 9.17) is 26.1 Å². The molecule has 1 aromatic heterocycles. The molecule has 2 heterocycles. The third-order valence-corrected chi connectivity index (χ3v) is 4.95. The molecular weight excluding hydrogens is 385 g/mol. The lowest BCUT2D eigenvalue weighted by Gasteiger charge is -2.30. The Morgan fingerprint density at radius 2 is 2.11 bits per heavy atom. The van der Waals surface area contributed by atoms with Gasteiger partial charge in [-0.1, -0.05) is 12.1 Å². The molecular formula is C19H24FN3O4S. The van der Waals surface area contributed by atoms with Crippen LogP contribution >= 0.6 is 12.2 Å². The minimum atomic E-state index is -0.589. The van der Waals surface area contributed by atoms with Crippen LogP contribution in [0.15, 0.2) is 28.7 Å². The first-order chi connectivity index (χ1) is 13.5.